The summed E-state index contributed by atoms with van der Waals surface area (Å²) in [5.41, 5.74) is 1.37. The molecule has 4 bridgehead atoms. The molecule has 0 aliphatic carbocycles. The Morgan fingerprint density at radius 3 is 2.71 bits per heavy atom. The van der Waals surface area contributed by atoms with Crippen molar-refractivity contribution in [3.63, 3.8) is 0 Å². The first-order chi connectivity index (χ1) is 11.7. The van der Waals surface area contributed by atoms with E-state index in [-0.39, 0.29) is 18.1 Å². The molecule has 0 spiro atoms. The van der Waals surface area contributed by atoms with Crippen molar-refractivity contribution in [1.82, 2.24) is 20.4 Å². The van der Waals surface area contributed by atoms with E-state index in [0.717, 1.165) is 43.1 Å². The molecule has 4 aliphatic rings. The first kappa shape index (κ1) is 14.4. The van der Waals surface area contributed by atoms with E-state index in [0.29, 0.717) is 23.7 Å². The summed E-state index contributed by atoms with van der Waals surface area (Å²) in [6, 6.07) is 8.93. The van der Waals surface area contributed by atoms with Crippen molar-refractivity contribution in [1.29, 1.82) is 0 Å². The van der Waals surface area contributed by atoms with Gasteiger partial charge in [-0.15, -0.1) is 0 Å². The maximum Gasteiger partial charge on any atom is 0.272 e. The fourth-order valence-electron chi connectivity index (χ4n) is 5.07. The van der Waals surface area contributed by atoms with Gasteiger partial charge in [-0.3, -0.25) is 14.8 Å². The predicted octanol–water partition coefficient (Wildman–Crippen LogP) is 1.28. The maximum absolute atomic E-state index is 12.7. The smallest absolute Gasteiger partial charge is 0.272 e. The molecule has 4 fully saturated rings. The lowest BCUT2D eigenvalue weighted by Gasteiger charge is -2.57. The van der Waals surface area contributed by atoms with Crippen LogP contribution in [-0.4, -0.2) is 56.9 Å². The molecule has 1 amide bonds. The van der Waals surface area contributed by atoms with Crippen LogP contribution in [0.3, 0.4) is 0 Å². The average Bonchev–Trinajstić information content (AvgIpc) is 2.99. The van der Waals surface area contributed by atoms with Gasteiger partial charge in [0.25, 0.3) is 5.91 Å². The van der Waals surface area contributed by atoms with Gasteiger partial charge in [-0.25, -0.2) is 0 Å². The number of aliphatic hydroxyl groups excluding tert-OH is 1. The summed E-state index contributed by atoms with van der Waals surface area (Å²) >= 11 is 0. The number of carbonyl (C=O) groups is 1. The Labute approximate surface area is 140 Å². The Hall–Kier alpha value is -1.92. The number of fused-ring (bicyclic) bond motifs is 2. The zero-order valence-corrected chi connectivity index (χ0v) is 13.5. The summed E-state index contributed by atoms with van der Waals surface area (Å²) in [5.74, 6) is 0.370. The molecule has 2 aromatic rings. The fourth-order valence-corrected chi connectivity index (χ4v) is 5.07. The Morgan fingerprint density at radius 1 is 1.21 bits per heavy atom. The number of carbonyl (C=O) groups excluding carboxylic acids is 1. The number of aromatic nitrogens is 2. The number of rotatable bonds is 2. The van der Waals surface area contributed by atoms with Gasteiger partial charge in [-0.1, -0.05) is 18.2 Å². The number of aromatic amines is 1. The SMILES string of the molecule is O=C(NC1CC2CC3CC(C1)N2CC3O)c1n[nH]c2ccccc12. The third-order valence-electron chi connectivity index (χ3n) is 6.16. The molecule has 0 radical (unpaired) electrons. The van der Waals surface area contributed by atoms with Crippen LogP contribution in [0.15, 0.2) is 24.3 Å². The highest BCUT2D eigenvalue weighted by atomic mass is 16.3. The van der Waals surface area contributed by atoms with Gasteiger partial charge < -0.3 is 10.4 Å². The van der Waals surface area contributed by atoms with Crippen LogP contribution in [0.25, 0.3) is 10.9 Å². The molecule has 4 saturated heterocycles. The van der Waals surface area contributed by atoms with Crippen molar-refractivity contribution in [2.75, 3.05) is 6.54 Å². The number of nitrogens with zero attached hydrogens (tertiary/aromatic N) is 2. The topological polar surface area (TPSA) is 81.2 Å². The summed E-state index contributed by atoms with van der Waals surface area (Å²) < 4.78 is 0. The van der Waals surface area contributed by atoms with Crippen molar-refractivity contribution >= 4 is 16.8 Å². The molecule has 1 aromatic carbocycles. The molecule has 4 aliphatic heterocycles. The second-order valence-electron chi connectivity index (χ2n) is 7.56. The highest BCUT2D eigenvalue weighted by Crippen LogP contribution is 2.43. The number of para-hydroxylation sites is 1. The van der Waals surface area contributed by atoms with Crippen molar-refractivity contribution < 1.29 is 9.90 Å². The lowest BCUT2D eigenvalue weighted by Crippen LogP contribution is -2.65. The summed E-state index contributed by atoms with van der Waals surface area (Å²) in [6.45, 7) is 0.810. The highest BCUT2D eigenvalue weighted by molar-refractivity contribution is 6.04. The van der Waals surface area contributed by atoms with E-state index < -0.39 is 0 Å². The third-order valence-corrected chi connectivity index (χ3v) is 6.16. The number of aliphatic hydroxyl groups is 1. The van der Waals surface area contributed by atoms with Crippen LogP contribution >= 0.6 is 0 Å². The third kappa shape index (κ3) is 2.17. The van der Waals surface area contributed by atoms with Crippen LogP contribution in [0.4, 0.5) is 0 Å². The molecular weight excluding hydrogens is 304 g/mol. The quantitative estimate of drug-likeness (QED) is 0.776. The van der Waals surface area contributed by atoms with E-state index in [1.807, 2.05) is 24.3 Å². The minimum absolute atomic E-state index is 0.0855. The normalized spacial score (nSPS) is 37.5. The van der Waals surface area contributed by atoms with Crippen LogP contribution in [0.2, 0.25) is 0 Å². The summed E-state index contributed by atoms with van der Waals surface area (Å²) in [7, 11) is 0. The molecule has 3 atom stereocenters. The van der Waals surface area contributed by atoms with Gasteiger partial charge in [0.05, 0.1) is 11.6 Å². The second kappa shape index (κ2) is 5.29. The van der Waals surface area contributed by atoms with Crippen LogP contribution < -0.4 is 5.32 Å². The predicted molar refractivity (Wildman–Crippen MR) is 89.6 cm³/mol. The zero-order valence-electron chi connectivity index (χ0n) is 13.5. The number of amides is 1. The van der Waals surface area contributed by atoms with E-state index in [1.54, 1.807) is 0 Å². The van der Waals surface area contributed by atoms with Crippen LogP contribution in [0.1, 0.15) is 36.2 Å². The molecule has 5 heterocycles. The average molecular weight is 326 g/mol. The lowest BCUT2D eigenvalue weighted by atomic mass is 9.70. The molecule has 3 N–H and O–H groups in total. The van der Waals surface area contributed by atoms with E-state index >= 15 is 0 Å². The van der Waals surface area contributed by atoms with Gasteiger partial charge in [0, 0.05) is 30.1 Å². The van der Waals surface area contributed by atoms with Crippen LogP contribution in [0.5, 0.6) is 0 Å². The standard InChI is InChI=1S/C18H22N4O2/c23-16-9-22-12-5-10(16)6-13(22)8-11(7-12)19-18(24)17-14-3-1-2-4-15(14)20-21-17/h1-4,10-13,16,23H,5-9H2,(H,19,24)(H,20,21). The van der Waals surface area contributed by atoms with Crippen molar-refractivity contribution in [3.8, 4) is 0 Å². The Kier molecular flexibility index (Phi) is 3.18. The molecule has 24 heavy (non-hydrogen) atoms. The molecule has 1 aromatic heterocycles. The Balaban J connectivity index is 1.32. The van der Waals surface area contributed by atoms with E-state index in [1.165, 1.54) is 0 Å². The van der Waals surface area contributed by atoms with Gasteiger partial charge in [-0.2, -0.15) is 5.10 Å². The number of benzene rings is 1. The minimum Gasteiger partial charge on any atom is -0.392 e. The van der Waals surface area contributed by atoms with Crippen LogP contribution in [-0.2, 0) is 0 Å². The van der Waals surface area contributed by atoms with Gasteiger partial charge in [0.15, 0.2) is 5.69 Å². The van der Waals surface area contributed by atoms with E-state index in [2.05, 4.69) is 20.4 Å². The van der Waals surface area contributed by atoms with E-state index in [9.17, 15) is 9.90 Å². The number of hydrogen-bond donors (Lipinski definition) is 3. The van der Waals surface area contributed by atoms with Gasteiger partial charge in [-0.05, 0) is 37.7 Å². The van der Waals surface area contributed by atoms with Crippen molar-refractivity contribution in [2.45, 2.75) is 49.9 Å². The molecule has 3 unspecified atom stereocenters. The van der Waals surface area contributed by atoms with E-state index in [4.69, 9.17) is 0 Å². The van der Waals surface area contributed by atoms with Crippen molar-refractivity contribution in [3.05, 3.63) is 30.0 Å². The zero-order chi connectivity index (χ0) is 16.3. The van der Waals surface area contributed by atoms with Gasteiger partial charge in [0.1, 0.15) is 0 Å². The largest absolute Gasteiger partial charge is 0.392 e. The highest BCUT2D eigenvalue weighted by Gasteiger charge is 2.48. The molecule has 6 rings (SSSR count). The summed E-state index contributed by atoms with van der Waals surface area (Å²) in [4.78, 5) is 15.1. The molecular formula is C18H22N4O2. The molecule has 6 nitrogen and oxygen atoms in total. The molecule has 6 heteroatoms. The molecule has 126 valence electrons. The first-order valence-corrected chi connectivity index (χ1v) is 8.87. The Morgan fingerprint density at radius 2 is 1.96 bits per heavy atom. The monoisotopic (exact) mass is 326 g/mol. The maximum atomic E-state index is 12.7. The number of nitrogens with one attached hydrogen (secondary N) is 2. The fraction of sp³-hybridized carbons (Fsp3) is 0.556. The minimum atomic E-state index is -0.154. The number of piperidine rings is 4. The Bertz CT molecular complexity index is 772. The first-order valence-electron chi connectivity index (χ1n) is 8.87. The summed E-state index contributed by atoms with van der Waals surface area (Å²) in [6.07, 6.45) is 3.94. The number of hydrogen-bond acceptors (Lipinski definition) is 4. The van der Waals surface area contributed by atoms with Gasteiger partial charge in [0.2, 0.25) is 0 Å². The second-order valence-corrected chi connectivity index (χ2v) is 7.56. The number of H-pyrrole nitrogens is 1. The molecule has 0 saturated carbocycles. The summed E-state index contributed by atoms with van der Waals surface area (Å²) in [5, 5.41) is 21.3. The lowest BCUT2D eigenvalue weighted by molar-refractivity contribution is -0.110. The van der Waals surface area contributed by atoms with Crippen LogP contribution in [0, 0.1) is 5.92 Å². The van der Waals surface area contributed by atoms with Gasteiger partial charge >= 0.3 is 0 Å². The van der Waals surface area contributed by atoms with Crippen molar-refractivity contribution in [2.24, 2.45) is 5.92 Å².